The predicted molar refractivity (Wildman–Crippen MR) is 82.6 cm³/mol. The lowest BCUT2D eigenvalue weighted by molar-refractivity contribution is 0.0911. The number of halogens is 1. The fourth-order valence-corrected chi connectivity index (χ4v) is 2.67. The highest BCUT2D eigenvalue weighted by Crippen LogP contribution is 2.16. The van der Waals surface area contributed by atoms with Crippen LogP contribution in [0.5, 0.6) is 0 Å². The van der Waals surface area contributed by atoms with E-state index in [-0.39, 0.29) is 17.5 Å². The number of hydrogen-bond acceptors (Lipinski definition) is 3. The summed E-state index contributed by atoms with van der Waals surface area (Å²) >= 11 is 0. The Hall–Kier alpha value is -1.62. The molecule has 1 aliphatic heterocycles. The van der Waals surface area contributed by atoms with Gasteiger partial charge in [-0.05, 0) is 44.0 Å². The molecule has 0 radical (unpaired) electrons. The first kappa shape index (κ1) is 15.8. The van der Waals surface area contributed by atoms with Crippen LogP contribution in [-0.4, -0.2) is 36.5 Å². The van der Waals surface area contributed by atoms with E-state index in [0.29, 0.717) is 5.69 Å². The lowest BCUT2D eigenvalue weighted by Crippen LogP contribution is -2.45. The molecule has 0 saturated carbocycles. The summed E-state index contributed by atoms with van der Waals surface area (Å²) < 4.78 is 13.2. The maximum Gasteiger partial charge on any atom is 0.253 e. The third kappa shape index (κ3) is 4.43. The van der Waals surface area contributed by atoms with Gasteiger partial charge in [-0.2, -0.15) is 0 Å². The van der Waals surface area contributed by atoms with Gasteiger partial charge in [0.15, 0.2) is 0 Å². The van der Waals surface area contributed by atoms with Crippen LogP contribution >= 0.6 is 0 Å². The second-order valence-corrected chi connectivity index (χ2v) is 5.67. The molecule has 5 heteroatoms. The van der Waals surface area contributed by atoms with Crippen molar-refractivity contribution >= 4 is 11.6 Å². The van der Waals surface area contributed by atoms with Crippen molar-refractivity contribution in [3.8, 4) is 0 Å². The minimum Gasteiger partial charge on any atom is -0.398 e. The Bertz CT molecular complexity index is 484. The zero-order chi connectivity index (χ0) is 15.2. The molecule has 1 aromatic carbocycles. The van der Waals surface area contributed by atoms with Gasteiger partial charge in [-0.1, -0.05) is 13.3 Å². The van der Waals surface area contributed by atoms with Crippen LogP contribution in [0.15, 0.2) is 18.2 Å². The number of rotatable bonds is 5. The SMILES string of the molecule is CCCCN1CCC(NC(=O)c2cc(F)ccc2N)CC1. The normalized spacial score (nSPS) is 16.9. The van der Waals surface area contributed by atoms with Gasteiger partial charge in [0.1, 0.15) is 5.82 Å². The minimum absolute atomic E-state index is 0.151. The van der Waals surface area contributed by atoms with Crippen LogP contribution in [0.1, 0.15) is 43.0 Å². The number of nitrogen functional groups attached to an aromatic ring is 1. The highest BCUT2D eigenvalue weighted by molar-refractivity contribution is 5.99. The number of amides is 1. The molecule has 0 aliphatic carbocycles. The van der Waals surface area contributed by atoms with E-state index in [4.69, 9.17) is 5.73 Å². The summed E-state index contributed by atoms with van der Waals surface area (Å²) in [7, 11) is 0. The number of carbonyl (C=O) groups excluding carboxylic acids is 1. The Morgan fingerprint density at radius 2 is 2.14 bits per heavy atom. The second kappa shape index (κ2) is 7.41. The quantitative estimate of drug-likeness (QED) is 0.820. The van der Waals surface area contributed by atoms with E-state index in [1.165, 1.54) is 31.0 Å². The van der Waals surface area contributed by atoms with Crippen molar-refractivity contribution in [1.82, 2.24) is 10.2 Å². The van der Waals surface area contributed by atoms with Crippen LogP contribution in [-0.2, 0) is 0 Å². The van der Waals surface area contributed by atoms with Gasteiger partial charge in [-0.25, -0.2) is 4.39 Å². The summed E-state index contributed by atoms with van der Waals surface area (Å²) in [6, 6.07) is 4.04. The van der Waals surface area contributed by atoms with Crippen LogP contribution in [0.2, 0.25) is 0 Å². The highest BCUT2D eigenvalue weighted by atomic mass is 19.1. The van der Waals surface area contributed by atoms with Crippen LogP contribution in [0.4, 0.5) is 10.1 Å². The third-order valence-corrected chi connectivity index (χ3v) is 4.01. The first-order valence-electron chi connectivity index (χ1n) is 7.68. The summed E-state index contributed by atoms with van der Waals surface area (Å²) in [6.07, 6.45) is 4.29. The fourth-order valence-electron chi connectivity index (χ4n) is 2.67. The van der Waals surface area contributed by atoms with Gasteiger partial charge in [0, 0.05) is 24.8 Å². The van der Waals surface area contributed by atoms with Gasteiger partial charge in [0.2, 0.25) is 0 Å². The Balaban J connectivity index is 1.85. The summed E-state index contributed by atoms with van der Waals surface area (Å²) in [5, 5.41) is 2.97. The van der Waals surface area contributed by atoms with Crippen molar-refractivity contribution in [3.63, 3.8) is 0 Å². The standard InChI is InChI=1S/C16H24FN3O/c1-2-3-8-20-9-6-13(7-10-20)19-16(21)14-11-12(17)4-5-15(14)18/h4-5,11,13H,2-3,6-10,18H2,1H3,(H,19,21). The molecule has 0 atom stereocenters. The van der Waals surface area contributed by atoms with Gasteiger partial charge in [0.25, 0.3) is 5.91 Å². The Morgan fingerprint density at radius 3 is 2.81 bits per heavy atom. The van der Waals surface area contributed by atoms with E-state index in [1.807, 2.05) is 0 Å². The predicted octanol–water partition coefficient (Wildman–Crippen LogP) is 2.40. The molecular weight excluding hydrogens is 269 g/mol. The largest absolute Gasteiger partial charge is 0.398 e. The Morgan fingerprint density at radius 1 is 1.43 bits per heavy atom. The average Bonchev–Trinajstić information content (AvgIpc) is 2.49. The number of unbranched alkanes of at least 4 members (excludes halogenated alkanes) is 1. The van der Waals surface area contributed by atoms with Gasteiger partial charge in [-0.15, -0.1) is 0 Å². The van der Waals surface area contributed by atoms with Crippen molar-refractivity contribution in [3.05, 3.63) is 29.6 Å². The zero-order valence-corrected chi connectivity index (χ0v) is 12.6. The Labute approximate surface area is 125 Å². The lowest BCUT2D eigenvalue weighted by Gasteiger charge is -2.32. The number of nitrogens with one attached hydrogen (secondary N) is 1. The molecule has 116 valence electrons. The summed E-state index contributed by atoms with van der Waals surface area (Å²) in [4.78, 5) is 14.6. The van der Waals surface area contributed by atoms with Gasteiger partial charge >= 0.3 is 0 Å². The van der Waals surface area contributed by atoms with Gasteiger partial charge < -0.3 is 16.0 Å². The van der Waals surface area contributed by atoms with Crippen molar-refractivity contribution in [2.45, 2.75) is 38.6 Å². The molecule has 0 aromatic heterocycles. The van der Waals surface area contributed by atoms with Gasteiger partial charge in [0.05, 0.1) is 5.56 Å². The molecule has 4 nitrogen and oxygen atoms in total. The molecular formula is C16H24FN3O. The molecule has 0 spiro atoms. The molecule has 0 unspecified atom stereocenters. The molecule has 1 heterocycles. The molecule has 1 aliphatic rings. The lowest BCUT2D eigenvalue weighted by atomic mass is 10.0. The molecule has 0 bridgehead atoms. The van der Waals surface area contributed by atoms with E-state index >= 15 is 0 Å². The summed E-state index contributed by atoms with van der Waals surface area (Å²) in [6.45, 7) is 5.33. The van der Waals surface area contributed by atoms with Crippen molar-refractivity contribution in [2.75, 3.05) is 25.4 Å². The molecule has 2 rings (SSSR count). The zero-order valence-electron chi connectivity index (χ0n) is 12.6. The smallest absolute Gasteiger partial charge is 0.253 e. The average molecular weight is 293 g/mol. The molecule has 1 saturated heterocycles. The summed E-state index contributed by atoms with van der Waals surface area (Å²) in [5.41, 5.74) is 6.28. The van der Waals surface area contributed by atoms with Crippen LogP contribution in [0.3, 0.4) is 0 Å². The van der Waals surface area contributed by atoms with Crippen molar-refractivity contribution < 1.29 is 9.18 Å². The van der Waals surface area contributed by atoms with Crippen molar-refractivity contribution in [2.24, 2.45) is 0 Å². The number of piperidine rings is 1. The number of benzene rings is 1. The number of nitrogens with zero attached hydrogens (tertiary/aromatic N) is 1. The molecule has 3 N–H and O–H groups in total. The van der Waals surface area contributed by atoms with Crippen LogP contribution in [0.25, 0.3) is 0 Å². The number of hydrogen-bond donors (Lipinski definition) is 2. The molecule has 1 aromatic rings. The minimum atomic E-state index is -0.441. The number of nitrogens with two attached hydrogens (primary N) is 1. The van der Waals surface area contributed by atoms with Crippen LogP contribution in [0, 0.1) is 5.82 Å². The number of anilines is 1. The Kier molecular flexibility index (Phi) is 5.56. The topological polar surface area (TPSA) is 58.4 Å². The maximum absolute atomic E-state index is 13.2. The van der Waals surface area contributed by atoms with Crippen molar-refractivity contribution in [1.29, 1.82) is 0 Å². The third-order valence-electron chi connectivity index (χ3n) is 4.01. The van der Waals surface area contributed by atoms with Crippen LogP contribution < -0.4 is 11.1 Å². The van der Waals surface area contributed by atoms with E-state index in [0.717, 1.165) is 32.5 Å². The fraction of sp³-hybridized carbons (Fsp3) is 0.562. The number of likely N-dealkylation sites (tertiary alicyclic amines) is 1. The monoisotopic (exact) mass is 293 g/mol. The first-order valence-corrected chi connectivity index (χ1v) is 7.68. The first-order chi connectivity index (χ1) is 10.1. The van der Waals surface area contributed by atoms with E-state index in [1.54, 1.807) is 0 Å². The highest BCUT2D eigenvalue weighted by Gasteiger charge is 2.21. The van der Waals surface area contributed by atoms with E-state index in [9.17, 15) is 9.18 Å². The second-order valence-electron chi connectivity index (χ2n) is 5.67. The van der Waals surface area contributed by atoms with E-state index < -0.39 is 5.82 Å². The molecule has 1 amide bonds. The molecule has 21 heavy (non-hydrogen) atoms. The summed E-state index contributed by atoms with van der Waals surface area (Å²) in [5.74, 6) is -0.720. The molecule has 1 fully saturated rings. The maximum atomic E-state index is 13.2. The number of carbonyl (C=O) groups is 1. The van der Waals surface area contributed by atoms with Gasteiger partial charge in [-0.3, -0.25) is 4.79 Å². The van der Waals surface area contributed by atoms with E-state index in [2.05, 4.69) is 17.1 Å².